The van der Waals surface area contributed by atoms with E-state index >= 15 is 0 Å². The lowest BCUT2D eigenvalue weighted by Crippen LogP contribution is -1.91. The van der Waals surface area contributed by atoms with E-state index in [4.69, 9.17) is 20.9 Å². The van der Waals surface area contributed by atoms with Crippen LogP contribution in [0.3, 0.4) is 0 Å². The van der Waals surface area contributed by atoms with Crippen LogP contribution in [0.2, 0.25) is 0 Å². The molecule has 0 atom stereocenters. The van der Waals surface area contributed by atoms with Crippen molar-refractivity contribution in [3.05, 3.63) is 182 Å². The third-order valence-corrected chi connectivity index (χ3v) is 8.92. The monoisotopic (exact) mass is 638 g/mol. The summed E-state index contributed by atoms with van der Waals surface area (Å²) < 4.78 is 146. The molecule has 0 aliphatic rings. The van der Waals surface area contributed by atoms with E-state index in [1.807, 2.05) is 54.6 Å². The van der Waals surface area contributed by atoms with Gasteiger partial charge < -0.3 is 4.42 Å². The zero-order valence-corrected chi connectivity index (χ0v) is 25.5. The van der Waals surface area contributed by atoms with Crippen LogP contribution in [0.1, 0.15) is 21.9 Å². The molecule has 0 aliphatic heterocycles. The van der Waals surface area contributed by atoms with Gasteiger partial charge in [0, 0.05) is 10.8 Å². The van der Waals surface area contributed by atoms with Crippen molar-refractivity contribution >= 4 is 54.3 Å². The largest absolute Gasteiger partial charge is 0.456 e. The molecule has 1 aromatic heterocycles. The van der Waals surface area contributed by atoms with Gasteiger partial charge in [0.05, 0.1) is 21.9 Å². The quantitative estimate of drug-likeness (QED) is 0.175. The van der Waals surface area contributed by atoms with Gasteiger partial charge in [-0.3, -0.25) is 0 Å². The van der Waals surface area contributed by atoms with E-state index in [0.717, 1.165) is 16.5 Å². The number of benzene rings is 9. The van der Waals surface area contributed by atoms with Gasteiger partial charge in [-0.25, -0.2) is 0 Å². The molecule has 0 N–H and O–H groups in total. The van der Waals surface area contributed by atoms with E-state index < -0.39 is 95.7 Å². The van der Waals surface area contributed by atoms with Crippen LogP contribution in [0.4, 0.5) is 0 Å². The van der Waals surface area contributed by atoms with Gasteiger partial charge in [0.2, 0.25) is 0 Å². The molecule has 49 heavy (non-hydrogen) atoms. The predicted octanol–water partition coefficient (Wildman–Crippen LogP) is 13.7. The van der Waals surface area contributed by atoms with Crippen LogP contribution in [0.25, 0.3) is 98.8 Å². The van der Waals surface area contributed by atoms with Crippen molar-refractivity contribution in [3.8, 4) is 44.5 Å². The van der Waals surface area contributed by atoms with Crippen molar-refractivity contribution in [2.24, 2.45) is 0 Å². The maximum absolute atomic E-state index is 9.54. The van der Waals surface area contributed by atoms with Crippen molar-refractivity contribution in [1.29, 1.82) is 0 Å². The van der Waals surface area contributed by atoms with E-state index in [9.17, 15) is 5.48 Å². The smallest absolute Gasteiger partial charge is 0.136 e. The number of fused-ring (bicyclic) bond motifs is 6. The molecule has 0 amide bonds. The molecular formula is C48H30O. The van der Waals surface area contributed by atoms with Gasteiger partial charge >= 0.3 is 0 Å². The first kappa shape index (κ1) is 16.1. The number of hydrogen-bond donors (Lipinski definition) is 0. The minimum absolute atomic E-state index is 0.0432. The standard InChI is InChI=1S/C48H30O/c1-2-12-31(13-3-1)35-28-29-42-45(30-35)49-44-23-11-22-43(48(42)44)47-40-19-8-6-17-38(40)46(39-18-7-9-20-41(39)47)34-26-24-33(25-27-34)37-21-10-15-32-14-4-5-16-36(32)37/h1-30H/i1D,2D,3D,4D,5D,10D,12D,13D,14D,15D,16D,21D,24D,25D,26D,27D. The van der Waals surface area contributed by atoms with Crippen molar-refractivity contribution in [2.45, 2.75) is 0 Å². The summed E-state index contributed by atoms with van der Waals surface area (Å²) in [5.41, 5.74) is 2.38. The molecule has 0 unspecified atom stereocenters. The molecule has 9 aromatic carbocycles. The van der Waals surface area contributed by atoms with Gasteiger partial charge in [-0.2, -0.15) is 0 Å². The summed E-state index contributed by atoms with van der Waals surface area (Å²) in [5, 5.41) is 3.26. The van der Waals surface area contributed by atoms with Gasteiger partial charge in [0.1, 0.15) is 11.2 Å². The van der Waals surface area contributed by atoms with Gasteiger partial charge in [0.25, 0.3) is 0 Å². The Morgan fingerprint density at radius 1 is 0.367 bits per heavy atom. The van der Waals surface area contributed by atoms with Crippen molar-refractivity contribution < 1.29 is 26.3 Å². The van der Waals surface area contributed by atoms with Crippen LogP contribution >= 0.6 is 0 Å². The van der Waals surface area contributed by atoms with Crippen LogP contribution in [0, 0.1) is 0 Å². The molecule has 0 spiro atoms. The Kier molecular flexibility index (Phi) is 3.64. The molecule has 0 saturated heterocycles. The Balaban J connectivity index is 1.25. The molecule has 10 rings (SSSR count). The van der Waals surface area contributed by atoms with Gasteiger partial charge in [-0.05, 0) is 95.0 Å². The van der Waals surface area contributed by atoms with E-state index in [0.29, 0.717) is 49.2 Å². The summed E-state index contributed by atoms with van der Waals surface area (Å²) in [4.78, 5) is 0. The second kappa shape index (κ2) is 11.1. The van der Waals surface area contributed by atoms with Crippen molar-refractivity contribution in [3.63, 3.8) is 0 Å². The van der Waals surface area contributed by atoms with Gasteiger partial charge in [-0.1, -0.05) is 163 Å². The summed E-state index contributed by atoms with van der Waals surface area (Å²) in [7, 11) is 0. The fraction of sp³-hybridized carbons (Fsp3) is 0. The second-order valence-corrected chi connectivity index (χ2v) is 11.6. The summed E-state index contributed by atoms with van der Waals surface area (Å²) in [6, 6.07) is 16.7. The summed E-state index contributed by atoms with van der Waals surface area (Å²) in [6.07, 6.45) is 0. The molecule has 1 nitrogen and oxygen atoms in total. The molecule has 228 valence electrons. The maximum atomic E-state index is 9.54. The molecular weight excluding hydrogens is 593 g/mol. The third kappa shape index (κ3) is 4.40. The molecule has 1 heteroatoms. The highest BCUT2D eigenvalue weighted by molar-refractivity contribution is 6.25. The predicted molar refractivity (Wildman–Crippen MR) is 208 cm³/mol. The third-order valence-electron chi connectivity index (χ3n) is 8.92. The molecule has 0 saturated carbocycles. The summed E-state index contributed by atoms with van der Waals surface area (Å²) in [5.74, 6) is 0. The Morgan fingerprint density at radius 2 is 1.02 bits per heavy atom. The zero-order valence-electron chi connectivity index (χ0n) is 41.5. The number of hydrogen-bond acceptors (Lipinski definition) is 1. The Labute approximate surface area is 306 Å². The van der Waals surface area contributed by atoms with Crippen LogP contribution in [0.15, 0.2) is 186 Å². The number of furan rings is 1. The SMILES string of the molecule is [2H]c1c([2H])c([2H])c(-c2ccc3c(c2)oc2cccc(-c4c5ccccc5c(-c5c([2H])c([2H])c(-c6c([2H])c([2H])c([2H])c7c([2H])c([2H])c([2H])c([2H])c67)c([2H])c5[2H])c5ccccc45)c23)c([2H])c1[2H]. The van der Waals surface area contributed by atoms with Crippen LogP contribution in [0.5, 0.6) is 0 Å². The molecule has 1 heterocycles. The fourth-order valence-electron chi connectivity index (χ4n) is 6.83. The second-order valence-electron chi connectivity index (χ2n) is 11.6. The zero-order chi connectivity index (χ0) is 46.2. The Bertz CT molecular complexity index is 3680. The Morgan fingerprint density at radius 3 is 1.78 bits per heavy atom. The van der Waals surface area contributed by atoms with Crippen molar-refractivity contribution in [2.75, 3.05) is 0 Å². The summed E-state index contributed by atoms with van der Waals surface area (Å²) in [6.45, 7) is 0. The molecule has 0 fully saturated rings. The van der Waals surface area contributed by atoms with E-state index in [-0.39, 0.29) is 34.0 Å². The average molecular weight is 639 g/mol. The highest BCUT2D eigenvalue weighted by atomic mass is 16.3. The van der Waals surface area contributed by atoms with Gasteiger partial charge in [-0.15, -0.1) is 0 Å². The lowest BCUT2D eigenvalue weighted by atomic mass is 9.84. The van der Waals surface area contributed by atoms with Crippen molar-refractivity contribution in [1.82, 2.24) is 0 Å². The summed E-state index contributed by atoms with van der Waals surface area (Å²) >= 11 is 0. The lowest BCUT2D eigenvalue weighted by molar-refractivity contribution is 0.669. The van der Waals surface area contributed by atoms with E-state index in [2.05, 4.69) is 0 Å². The number of rotatable bonds is 4. The fourth-order valence-corrected chi connectivity index (χ4v) is 6.83. The molecule has 0 radical (unpaired) electrons. The minimum Gasteiger partial charge on any atom is -0.456 e. The maximum Gasteiger partial charge on any atom is 0.136 e. The first-order valence-corrected chi connectivity index (χ1v) is 15.5. The minimum atomic E-state index is -0.694. The lowest BCUT2D eigenvalue weighted by Gasteiger charge is -2.18. The first-order valence-electron chi connectivity index (χ1n) is 23.5. The topological polar surface area (TPSA) is 13.1 Å². The van der Waals surface area contributed by atoms with Gasteiger partial charge in [0.15, 0.2) is 0 Å². The molecule has 0 aliphatic carbocycles. The average Bonchev–Trinajstić information content (AvgIpc) is 3.69. The molecule has 10 aromatic rings. The Hall–Kier alpha value is -6.44. The van der Waals surface area contributed by atoms with E-state index in [1.165, 1.54) is 0 Å². The van der Waals surface area contributed by atoms with E-state index in [1.54, 1.807) is 30.3 Å². The first-order chi connectivity index (χ1) is 31.0. The highest BCUT2D eigenvalue weighted by Gasteiger charge is 2.20. The van der Waals surface area contributed by atoms with Crippen LogP contribution in [-0.2, 0) is 0 Å². The van der Waals surface area contributed by atoms with Crippen LogP contribution < -0.4 is 0 Å². The van der Waals surface area contributed by atoms with Crippen LogP contribution in [-0.4, -0.2) is 0 Å². The highest BCUT2D eigenvalue weighted by Crippen LogP contribution is 2.47. The normalized spacial score (nSPS) is 16.2. The molecule has 0 bridgehead atoms.